The molecule has 1 aromatic carbocycles. The Labute approximate surface area is 120 Å². The molecule has 0 aliphatic rings. The van der Waals surface area contributed by atoms with E-state index in [2.05, 4.69) is 11.1 Å². The fraction of sp³-hybridized carbons (Fsp3) is 0.294. The Kier molecular flexibility index (Phi) is 4.88. The minimum atomic E-state index is 0.145. The maximum absolute atomic E-state index is 12.2. The molecule has 0 spiro atoms. The van der Waals surface area contributed by atoms with E-state index in [0.29, 0.717) is 13.0 Å². The van der Waals surface area contributed by atoms with Crippen molar-refractivity contribution >= 4 is 5.91 Å². The number of hydrogen-bond donors (Lipinski definition) is 0. The number of hydrogen-bond acceptors (Lipinski definition) is 2. The summed E-state index contributed by atoms with van der Waals surface area (Å²) in [5, 5.41) is 0. The van der Waals surface area contributed by atoms with Gasteiger partial charge in [-0.2, -0.15) is 0 Å². The Morgan fingerprint density at radius 3 is 2.75 bits per heavy atom. The maximum Gasteiger partial charge on any atom is 0.226 e. The van der Waals surface area contributed by atoms with E-state index in [9.17, 15) is 4.79 Å². The van der Waals surface area contributed by atoms with Crippen LogP contribution in [0.2, 0.25) is 0 Å². The van der Waals surface area contributed by atoms with Crippen LogP contribution < -0.4 is 0 Å². The fourth-order valence-electron chi connectivity index (χ4n) is 2.08. The lowest BCUT2D eigenvalue weighted by Crippen LogP contribution is -2.30. The topological polar surface area (TPSA) is 33.2 Å². The van der Waals surface area contributed by atoms with Crippen LogP contribution in [-0.2, 0) is 17.6 Å². The molecule has 0 radical (unpaired) electrons. The Hall–Kier alpha value is -2.16. The Morgan fingerprint density at radius 1 is 1.20 bits per heavy atom. The monoisotopic (exact) mass is 268 g/mol. The van der Waals surface area contributed by atoms with Crippen LogP contribution in [0.1, 0.15) is 16.8 Å². The average Bonchev–Trinajstić information content (AvgIpc) is 2.46. The number of pyridine rings is 1. The number of amides is 1. The van der Waals surface area contributed by atoms with Crippen molar-refractivity contribution in [2.75, 3.05) is 13.6 Å². The summed E-state index contributed by atoms with van der Waals surface area (Å²) in [6, 6.07) is 13.9. The molecular formula is C17H20N2O. The van der Waals surface area contributed by atoms with Crippen molar-refractivity contribution in [3.8, 4) is 0 Å². The van der Waals surface area contributed by atoms with Crippen molar-refractivity contribution in [2.45, 2.75) is 19.8 Å². The largest absolute Gasteiger partial charge is 0.345 e. The van der Waals surface area contributed by atoms with Gasteiger partial charge in [-0.25, -0.2) is 0 Å². The third kappa shape index (κ3) is 4.19. The molecule has 2 aromatic rings. The average molecular weight is 268 g/mol. The van der Waals surface area contributed by atoms with Gasteiger partial charge in [0.05, 0.1) is 6.42 Å². The zero-order valence-corrected chi connectivity index (χ0v) is 12.0. The smallest absolute Gasteiger partial charge is 0.226 e. The van der Waals surface area contributed by atoms with Crippen LogP contribution in [-0.4, -0.2) is 29.4 Å². The van der Waals surface area contributed by atoms with Gasteiger partial charge in [0.2, 0.25) is 5.91 Å². The molecule has 104 valence electrons. The number of nitrogens with zero attached hydrogens (tertiary/aromatic N) is 2. The summed E-state index contributed by atoms with van der Waals surface area (Å²) in [5.41, 5.74) is 3.27. The molecule has 3 nitrogen and oxygen atoms in total. The number of likely N-dealkylation sites (N-methyl/N-ethyl adjacent to an activating group) is 1. The van der Waals surface area contributed by atoms with E-state index in [4.69, 9.17) is 0 Å². The maximum atomic E-state index is 12.2. The van der Waals surface area contributed by atoms with Crippen molar-refractivity contribution in [3.63, 3.8) is 0 Å². The van der Waals surface area contributed by atoms with E-state index in [1.54, 1.807) is 11.1 Å². The van der Waals surface area contributed by atoms with Crippen LogP contribution >= 0.6 is 0 Å². The van der Waals surface area contributed by atoms with E-state index < -0.39 is 0 Å². The zero-order chi connectivity index (χ0) is 14.4. The molecule has 3 heteroatoms. The number of benzene rings is 1. The zero-order valence-electron chi connectivity index (χ0n) is 12.0. The highest BCUT2D eigenvalue weighted by molar-refractivity contribution is 5.78. The molecule has 0 saturated heterocycles. The van der Waals surface area contributed by atoms with Crippen LogP contribution in [0.25, 0.3) is 0 Å². The van der Waals surface area contributed by atoms with Gasteiger partial charge in [0.1, 0.15) is 0 Å². The van der Waals surface area contributed by atoms with Crippen LogP contribution in [0.15, 0.2) is 48.7 Å². The summed E-state index contributed by atoms with van der Waals surface area (Å²) >= 11 is 0. The van der Waals surface area contributed by atoms with Gasteiger partial charge in [-0.3, -0.25) is 9.78 Å². The summed E-state index contributed by atoms with van der Waals surface area (Å²) in [6.45, 7) is 2.74. The number of aromatic nitrogens is 1. The first-order valence-electron chi connectivity index (χ1n) is 6.84. The Bertz CT molecular complexity index is 566. The lowest BCUT2D eigenvalue weighted by atomic mass is 10.1. The Morgan fingerprint density at radius 2 is 2.05 bits per heavy atom. The highest BCUT2D eigenvalue weighted by Crippen LogP contribution is 2.06. The van der Waals surface area contributed by atoms with E-state index in [-0.39, 0.29) is 5.91 Å². The molecular weight excluding hydrogens is 248 g/mol. The Balaban J connectivity index is 1.86. The lowest BCUT2D eigenvalue weighted by molar-refractivity contribution is -0.129. The van der Waals surface area contributed by atoms with E-state index in [1.807, 2.05) is 50.4 Å². The first-order chi connectivity index (χ1) is 9.65. The molecule has 0 fully saturated rings. The normalized spacial score (nSPS) is 10.3. The third-order valence-corrected chi connectivity index (χ3v) is 3.29. The molecule has 0 bridgehead atoms. The summed E-state index contributed by atoms with van der Waals surface area (Å²) in [7, 11) is 1.85. The van der Waals surface area contributed by atoms with Crippen LogP contribution in [0.5, 0.6) is 0 Å². The minimum absolute atomic E-state index is 0.145. The van der Waals surface area contributed by atoms with Gasteiger partial charge in [0.25, 0.3) is 0 Å². The van der Waals surface area contributed by atoms with Crippen molar-refractivity contribution in [3.05, 3.63) is 65.5 Å². The first kappa shape index (κ1) is 14.3. The highest BCUT2D eigenvalue weighted by atomic mass is 16.2. The molecule has 0 atom stereocenters. The summed E-state index contributed by atoms with van der Waals surface area (Å²) in [4.78, 5) is 18.2. The molecule has 20 heavy (non-hydrogen) atoms. The predicted molar refractivity (Wildman–Crippen MR) is 80.5 cm³/mol. The number of rotatable bonds is 5. The SMILES string of the molecule is Cc1cccc(CC(=O)N(C)CCc2ccccn2)c1. The highest BCUT2D eigenvalue weighted by Gasteiger charge is 2.09. The molecule has 1 heterocycles. The van der Waals surface area contributed by atoms with Crippen LogP contribution in [0.3, 0.4) is 0 Å². The first-order valence-corrected chi connectivity index (χ1v) is 6.84. The van der Waals surface area contributed by atoms with Crippen molar-refractivity contribution < 1.29 is 4.79 Å². The predicted octanol–water partition coefficient (Wildman–Crippen LogP) is 2.63. The minimum Gasteiger partial charge on any atom is -0.345 e. The second kappa shape index (κ2) is 6.85. The van der Waals surface area contributed by atoms with E-state index in [0.717, 1.165) is 17.7 Å². The summed E-state index contributed by atoms with van der Waals surface area (Å²) in [5.74, 6) is 0.145. The van der Waals surface area contributed by atoms with Gasteiger partial charge < -0.3 is 4.90 Å². The fourth-order valence-corrected chi connectivity index (χ4v) is 2.08. The second-order valence-electron chi connectivity index (χ2n) is 5.05. The van der Waals surface area contributed by atoms with E-state index in [1.165, 1.54) is 5.56 Å². The summed E-state index contributed by atoms with van der Waals surface area (Å²) in [6.07, 6.45) is 3.03. The molecule has 0 unspecified atom stereocenters. The van der Waals surface area contributed by atoms with Crippen molar-refractivity contribution in [2.24, 2.45) is 0 Å². The molecule has 0 aliphatic carbocycles. The molecule has 1 amide bonds. The van der Waals surface area contributed by atoms with Crippen LogP contribution in [0.4, 0.5) is 0 Å². The van der Waals surface area contributed by atoms with Gasteiger partial charge in [-0.15, -0.1) is 0 Å². The second-order valence-corrected chi connectivity index (χ2v) is 5.05. The van der Waals surface area contributed by atoms with Gasteiger partial charge in [0, 0.05) is 31.9 Å². The molecule has 1 aromatic heterocycles. The van der Waals surface area contributed by atoms with Crippen LogP contribution in [0, 0.1) is 6.92 Å². The molecule has 2 rings (SSSR count). The van der Waals surface area contributed by atoms with Gasteiger partial charge in [-0.05, 0) is 24.6 Å². The third-order valence-electron chi connectivity index (χ3n) is 3.29. The van der Waals surface area contributed by atoms with Gasteiger partial charge in [0.15, 0.2) is 0 Å². The molecule has 0 saturated carbocycles. The molecule has 0 aliphatic heterocycles. The number of aryl methyl sites for hydroxylation is 1. The van der Waals surface area contributed by atoms with Gasteiger partial charge in [-0.1, -0.05) is 35.9 Å². The number of carbonyl (C=O) groups excluding carboxylic acids is 1. The van der Waals surface area contributed by atoms with Gasteiger partial charge >= 0.3 is 0 Å². The van der Waals surface area contributed by atoms with E-state index >= 15 is 0 Å². The lowest BCUT2D eigenvalue weighted by Gasteiger charge is -2.17. The van der Waals surface area contributed by atoms with Crippen molar-refractivity contribution in [1.82, 2.24) is 9.88 Å². The molecule has 0 N–H and O–H groups in total. The summed E-state index contributed by atoms with van der Waals surface area (Å²) < 4.78 is 0. The number of carbonyl (C=O) groups is 1. The van der Waals surface area contributed by atoms with Crippen molar-refractivity contribution in [1.29, 1.82) is 0 Å². The quantitative estimate of drug-likeness (QED) is 0.835. The standard InChI is InChI=1S/C17H20N2O/c1-14-6-5-7-15(12-14)13-17(20)19(2)11-9-16-8-3-4-10-18-16/h3-8,10,12H,9,11,13H2,1-2H3.